The average Bonchev–Trinajstić information content (AvgIpc) is 2.90. The first-order chi connectivity index (χ1) is 12.4. The summed E-state index contributed by atoms with van der Waals surface area (Å²) in [5.41, 5.74) is -0.824. The van der Waals surface area contributed by atoms with Gasteiger partial charge in [0.2, 0.25) is 0 Å². The van der Waals surface area contributed by atoms with Crippen molar-refractivity contribution in [3.05, 3.63) is 0 Å². The molecule has 6 rings (SSSR count). The molecule has 3 aliphatic heterocycles. The summed E-state index contributed by atoms with van der Waals surface area (Å²) in [6.45, 7) is 4.09. The highest BCUT2D eigenvalue weighted by Gasteiger charge is 2.80. The molecule has 26 heavy (non-hydrogen) atoms. The molecule has 6 nitrogen and oxygen atoms in total. The van der Waals surface area contributed by atoms with Crippen LogP contribution in [0.15, 0.2) is 0 Å². The van der Waals surface area contributed by atoms with E-state index in [1.807, 2.05) is 6.92 Å². The quantitative estimate of drug-likeness (QED) is 0.701. The molecule has 0 amide bonds. The number of carbonyl (C=O) groups is 2. The van der Waals surface area contributed by atoms with Crippen molar-refractivity contribution in [2.75, 3.05) is 13.7 Å². The van der Waals surface area contributed by atoms with Crippen LogP contribution < -0.4 is 0 Å². The standard InChI is InChI=1S/C20H28O6/c1-11(21)25-14-6-4-5-13-12(14)9-15-16-18(2,17(22)26-15)20(23-3)8-7-19(13,16)10-24-20/h12-16H,4-10H2,1-3H3/t12?,13?,14-,15+,16?,18-,19-,20+/m0/s1. The van der Waals surface area contributed by atoms with Crippen LogP contribution in [0.3, 0.4) is 0 Å². The molecule has 3 heterocycles. The van der Waals surface area contributed by atoms with Crippen LogP contribution in [-0.4, -0.2) is 43.7 Å². The first kappa shape index (κ1) is 17.0. The van der Waals surface area contributed by atoms with Gasteiger partial charge in [-0.05, 0) is 44.9 Å². The molecule has 6 heteroatoms. The number of carbonyl (C=O) groups excluding carboxylic acids is 2. The molecule has 8 atom stereocenters. The zero-order valence-corrected chi connectivity index (χ0v) is 15.8. The van der Waals surface area contributed by atoms with Gasteiger partial charge in [-0.3, -0.25) is 9.59 Å². The number of hydrogen-bond acceptors (Lipinski definition) is 6. The van der Waals surface area contributed by atoms with E-state index in [4.69, 9.17) is 18.9 Å². The highest BCUT2D eigenvalue weighted by Crippen LogP contribution is 2.73. The van der Waals surface area contributed by atoms with E-state index in [1.54, 1.807) is 7.11 Å². The molecule has 6 aliphatic rings. The lowest BCUT2D eigenvalue weighted by molar-refractivity contribution is -0.386. The summed E-state index contributed by atoms with van der Waals surface area (Å²) in [7, 11) is 1.65. The molecule has 0 radical (unpaired) electrons. The van der Waals surface area contributed by atoms with Crippen LogP contribution in [0.4, 0.5) is 0 Å². The predicted octanol–water partition coefficient (Wildman–Crippen LogP) is 2.44. The van der Waals surface area contributed by atoms with Crippen molar-refractivity contribution in [3.8, 4) is 0 Å². The smallest absolute Gasteiger partial charge is 0.318 e. The van der Waals surface area contributed by atoms with Gasteiger partial charge >= 0.3 is 11.9 Å². The summed E-state index contributed by atoms with van der Waals surface area (Å²) < 4.78 is 23.8. The fraction of sp³-hybridized carbons (Fsp3) is 0.900. The van der Waals surface area contributed by atoms with E-state index in [-0.39, 0.29) is 41.4 Å². The number of ether oxygens (including phenoxy) is 4. The highest BCUT2D eigenvalue weighted by atomic mass is 16.7. The van der Waals surface area contributed by atoms with Gasteiger partial charge < -0.3 is 18.9 Å². The molecule has 0 aromatic rings. The van der Waals surface area contributed by atoms with Crippen LogP contribution in [0, 0.1) is 28.6 Å². The van der Waals surface area contributed by atoms with E-state index in [2.05, 4.69) is 0 Å². The third-order valence-electron chi connectivity index (χ3n) is 8.47. The van der Waals surface area contributed by atoms with Gasteiger partial charge in [0.25, 0.3) is 0 Å². The van der Waals surface area contributed by atoms with Gasteiger partial charge in [0, 0.05) is 37.7 Å². The SMILES string of the molecule is CO[C@]12CC[C@]3(CO1)C1CCC[C@H](OC(C)=O)C1C[C@H]1OC(=O)[C@]2(C)C13. The Morgan fingerprint density at radius 3 is 2.73 bits per heavy atom. The number of methoxy groups -OCH3 is 1. The second-order valence-electron chi connectivity index (χ2n) is 9.19. The summed E-state index contributed by atoms with van der Waals surface area (Å²) in [6.07, 6.45) is 5.38. The van der Waals surface area contributed by atoms with Crippen LogP contribution in [0.5, 0.6) is 0 Å². The van der Waals surface area contributed by atoms with Gasteiger partial charge in [-0.2, -0.15) is 0 Å². The average molecular weight is 364 g/mol. The molecule has 0 aromatic carbocycles. The maximum Gasteiger partial charge on any atom is 0.318 e. The molecule has 144 valence electrons. The molecule has 3 aliphatic carbocycles. The molecular weight excluding hydrogens is 336 g/mol. The third-order valence-corrected chi connectivity index (χ3v) is 8.47. The summed E-state index contributed by atoms with van der Waals surface area (Å²) >= 11 is 0. The lowest BCUT2D eigenvalue weighted by Crippen LogP contribution is -2.73. The number of fused-ring (bicyclic) bond motifs is 3. The van der Waals surface area contributed by atoms with E-state index in [0.717, 1.165) is 38.5 Å². The summed E-state index contributed by atoms with van der Waals surface area (Å²) in [6, 6.07) is 0. The van der Waals surface area contributed by atoms with Crippen molar-refractivity contribution in [1.29, 1.82) is 0 Å². The number of esters is 2. The van der Waals surface area contributed by atoms with E-state index in [0.29, 0.717) is 12.5 Å². The Morgan fingerprint density at radius 1 is 1.27 bits per heavy atom. The van der Waals surface area contributed by atoms with Crippen LogP contribution in [0.2, 0.25) is 0 Å². The molecule has 3 saturated carbocycles. The molecule has 1 spiro atoms. The Bertz CT molecular complexity index is 651. The van der Waals surface area contributed by atoms with Crippen molar-refractivity contribution >= 4 is 11.9 Å². The normalized spacial score (nSPS) is 54.3. The lowest BCUT2D eigenvalue weighted by Gasteiger charge is -2.68. The molecule has 3 unspecified atom stereocenters. The predicted molar refractivity (Wildman–Crippen MR) is 89.8 cm³/mol. The third kappa shape index (κ3) is 1.76. The zero-order chi connectivity index (χ0) is 18.3. The van der Waals surface area contributed by atoms with Gasteiger partial charge in [0.15, 0.2) is 5.79 Å². The Labute approximate surface area is 153 Å². The van der Waals surface area contributed by atoms with Crippen molar-refractivity contribution in [2.24, 2.45) is 28.6 Å². The lowest BCUT2D eigenvalue weighted by atomic mass is 9.41. The van der Waals surface area contributed by atoms with Gasteiger partial charge in [0.1, 0.15) is 17.6 Å². The number of rotatable bonds is 2. The minimum absolute atomic E-state index is 0.0665. The second kappa shape index (κ2) is 5.22. The fourth-order valence-electron chi connectivity index (χ4n) is 7.58. The fourth-order valence-corrected chi connectivity index (χ4v) is 7.58. The summed E-state index contributed by atoms with van der Waals surface area (Å²) in [5, 5.41) is 0. The molecule has 6 fully saturated rings. The topological polar surface area (TPSA) is 71.1 Å². The van der Waals surface area contributed by atoms with E-state index in [9.17, 15) is 9.59 Å². The molecule has 3 saturated heterocycles. The first-order valence-electron chi connectivity index (χ1n) is 9.95. The van der Waals surface area contributed by atoms with Crippen molar-refractivity contribution in [1.82, 2.24) is 0 Å². The van der Waals surface area contributed by atoms with Crippen molar-refractivity contribution in [3.63, 3.8) is 0 Å². The highest BCUT2D eigenvalue weighted by molar-refractivity contribution is 5.81. The van der Waals surface area contributed by atoms with Gasteiger partial charge in [-0.25, -0.2) is 0 Å². The Kier molecular flexibility index (Phi) is 3.41. The molecular formula is C20H28O6. The second-order valence-corrected chi connectivity index (χ2v) is 9.19. The summed E-state index contributed by atoms with van der Waals surface area (Å²) in [4.78, 5) is 24.6. The minimum atomic E-state index is -0.859. The van der Waals surface area contributed by atoms with E-state index < -0.39 is 11.2 Å². The van der Waals surface area contributed by atoms with Crippen LogP contribution >= 0.6 is 0 Å². The monoisotopic (exact) mass is 364 g/mol. The van der Waals surface area contributed by atoms with Crippen LogP contribution in [-0.2, 0) is 28.5 Å². The van der Waals surface area contributed by atoms with Gasteiger partial charge in [0.05, 0.1) is 6.61 Å². The van der Waals surface area contributed by atoms with Gasteiger partial charge in [-0.1, -0.05) is 0 Å². The number of hydrogen-bond donors (Lipinski definition) is 0. The Morgan fingerprint density at radius 2 is 2.08 bits per heavy atom. The first-order valence-corrected chi connectivity index (χ1v) is 9.95. The molecule has 0 aromatic heterocycles. The van der Waals surface area contributed by atoms with Crippen LogP contribution in [0.25, 0.3) is 0 Å². The Hall–Kier alpha value is -1.14. The largest absolute Gasteiger partial charge is 0.462 e. The zero-order valence-electron chi connectivity index (χ0n) is 15.8. The maximum atomic E-state index is 13.0. The Balaban J connectivity index is 1.59. The molecule has 2 bridgehead atoms. The molecule has 0 N–H and O–H groups in total. The van der Waals surface area contributed by atoms with Crippen molar-refractivity contribution < 1.29 is 28.5 Å². The maximum absolute atomic E-state index is 13.0. The van der Waals surface area contributed by atoms with Crippen molar-refractivity contribution in [2.45, 2.75) is 70.4 Å². The van der Waals surface area contributed by atoms with Gasteiger partial charge in [-0.15, -0.1) is 0 Å². The van der Waals surface area contributed by atoms with Crippen LogP contribution in [0.1, 0.15) is 52.4 Å². The van der Waals surface area contributed by atoms with E-state index >= 15 is 0 Å². The van der Waals surface area contributed by atoms with E-state index in [1.165, 1.54) is 6.92 Å². The minimum Gasteiger partial charge on any atom is -0.462 e. The summed E-state index contributed by atoms with van der Waals surface area (Å²) in [5.74, 6) is -0.470.